The van der Waals surface area contributed by atoms with E-state index < -0.39 is 10.0 Å². The second kappa shape index (κ2) is 11.9. The molecule has 1 N–H and O–H groups in total. The number of rotatable bonds is 9. The highest BCUT2D eigenvalue weighted by molar-refractivity contribution is 7.92. The third kappa shape index (κ3) is 6.97. The van der Waals surface area contributed by atoms with Crippen LogP contribution in [0.25, 0.3) is 0 Å². The molecule has 1 amide bonds. The van der Waals surface area contributed by atoms with Gasteiger partial charge < -0.3 is 10.1 Å². The highest BCUT2D eigenvalue weighted by Crippen LogP contribution is 2.28. The lowest BCUT2D eigenvalue weighted by atomic mass is 10.1. The number of amides is 1. The smallest absolute Gasteiger partial charge is 0.264 e. The van der Waals surface area contributed by atoms with E-state index in [1.165, 1.54) is 9.87 Å². The van der Waals surface area contributed by atoms with Crippen LogP contribution in [0.4, 0.5) is 5.69 Å². The standard InChI is InChI=1S/C29H35N3O4S/c1-22-5-12-27(13-6-22)37(34,35)32(28-18-23(2)4-7-24(28)3)21-29(33)30-19-25-8-10-26(11-9-25)20-31-14-16-36-17-15-31/h4-13,18H,14-17,19-21H2,1-3H3,(H,30,33). The number of nitrogens with zero attached hydrogens (tertiary/aromatic N) is 2. The lowest BCUT2D eigenvalue weighted by Crippen LogP contribution is -2.41. The number of nitrogens with one attached hydrogen (secondary N) is 1. The molecule has 7 nitrogen and oxygen atoms in total. The van der Waals surface area contributed by atoms with Crippen LogP contribution in [0.15, 0.2) is 71.6 Å². The highest BCUT2D eigenvalue weighted by Gasteiger charge is 2.28. The maximum absolute atomic E-state index is 13.7. The number of anilines is 1. The van der Waals surface area contributed by atoms with Gasteiger partial charge >= 0.3 is 0 Å². The third-order valence-electron chi connectivity index (χ3n) is 6.55. The van der Waals surface area contributed by atoms with Gasteiger partial charge in [0.1, 0.15) is 6.54 Å². The average molecular weight is 522 g/mol. The van der Waals surface area contributed by atoms with Crippen molar-refractivity contribution in [1.29, 1.82) is 0 Å². The molecule has 0 unspecified atom stereocenters. The Hall–Kier alpha value is -3.20. The van der Waals surface area contributed by atoms with Gasteiger partial charge in [-0.05, 0) is 61.2 Å². The lowest BCUT2D eigenvalue weighted by Gasteiger charge is -2.26. The van der Waals surface area contributed by atoms with Gasteiger partial charge in [-0.2, -0.15) is 0 Å². The number of carbonyl (C=O) groups excluding carboxylic acids is 1. The van der Waals surface area contributed by atoms with E-state index in [0.717, 1.165) is 55.1 Å². The fraction of sp³-hybridized carbons (Fsp3) is 0.345. The molecule has 1 aliphatic rings. The number of ether oxygens (including phenoxy) is 1. The summed E-state index contributed by atoms with van der Waals surface area (Å²) in [5.41, 5.74) is 5.34. The Morgan fingerprint density at radius 1 is 0.892 bits per heavy atom. The fourth-order valence-electron chi connectivity index (χ4n) is 4.29. The van der Waals surface area contributed by atoms with Crippen molar-refractivity contribution in [2.75, 3.05) is 37.2 Å². The summed E-state index contributed by atoms with van der Waals surface area (Å²) in [5.74, 6) is -0.367. The van der Waals surface area contributed by atoms with Crippen LogP contribution in [0, 0.1) is 20.8 Å². The van der Waals surface area contributed by atoms with Crippen molar-refractivity contribution in [1.82, 2.24) is 10.2 Å². The van der Waals surface area contributed by atoms with Crippen molar-refractivity contribution >= 4 is 21.6 Å². The normalized spacial score (nSPS) is 14.4. The fourth-order valence-corrected chi connectivity index (χ4v) is 5.77. The molecule has 0 aliphatic carbocycles. The number of aryl methyl sites for hydroxylation is 3. The van der Waals surface area contributed by atoms with E-state index in [2.05, 4.69) is 22.3 Å². The Bertz CT molecular complexity index is 1320. The van der Waals surface area contributed by atoms with E-state index in [1.807, 2.05) is 51.1 Å². The van der Waals surface area contributed by atoms with Crippen molar-refractivity contribution in [2.45, 2.75) is 38.8 Å². The molecule has 1 aliphatic heterocycles. The van der Waals surface area contributed by atoms with Crippen LogP contribution in [0.3, 0.4) is 0 Å². The van der Waals surface area contributed by atoms with Gasteiger partial charge in [0.15, 0.2) is 0 Å². The predicted octanol–water partition coefficient (Wildman–Crippen LogP) is 3.96. The first-order valence-electron chi connectivity index (χ1n) is 12.5. The van der Waals surface area contributed by atoms with Gasteiger partial charge in [-0.15, -0.1) is 0 Å². The molecule has 0 bridgehead atoms. The Balaban J connectivity index is 1.46. The van der Waals surface area contributed by atoms with E-state index in [4.69, 9.17) is 4.74 Å². The summed E-state index contributed by atoms with van der Waals surface area (Å²) in [6.45, 7) is 9.94. The molecule has 1 saturated heterocycles. The largest absolute Gasteiger partial charge is 0.379 e. The summed E-state index contributed by atoms with van der Waals surface area (Å²) < 4.78 is 33.9. The molecule has 3 aromatic carbocycles. The molecular formula is C29H35N3O4S. The molecule has 8 heteroatoms. The van der Waals surface area contributed by atoms with E-state index in [0.29, 0.717) is 12.2 Å². The average Bonchev–Trinajstić information content (AvgIpc) is 2.89. The maximum Gasteiger partial charge on any atom is 0.264 e. The molecule has 4 rings (SSSR count). The first-order chi connectivity index (χ1) is 17.7. The molecule has 0 radical (unpaired) electrons. The van der Waals surface area contributed by atoms with Gasteiger partial charge in [0, 0.05) is 26.2 Å². The Morgan fingerprint density at radius 2 is 1.51 bits per heavy atom. The summed E-state index contributed by atoms with van der Waals surface area (Å²) >= 11 is 0. The van der Waals surface area contributed by atoms with Crippen LogP contribution in [0.5, 0.6) is 0 Å². The first-order valence-corrected chi connectivity index (χ1v) is 14.0. The minimum atomic E-state index is -3.95. The quantitative estimate of drug-likeness (QED) is 0.461. The number of hydrogen-bond acceptors (Lipinski definition) is 5. The van der Waals surface area contributed by atoms with Crippen molar-refractivity contribution in [3.63, 3.8) is 0 Å². The zero-order valence-electron chi connectivity index (χ0n) is 21.7. The lowest BCUT2D eigenvalue weighted by molar-refractivity contribution is -0.119. The number of hydrogen-bond donors (Lipinski definition) is 1. The molecule has 0 atom stereocenters. The second-order valence-electron chi connectivity index (χ2n) is 9.60. The molecule has 3 aromatic rings. The van der Waals surface area contributed by atoms with Gasteiger partial charge in [-0.25, -0.2) is 8.42 Å². The zero-order valence-corrected chi connectivity index (χ0v) is 22.6. The van der Waals surface area contributed by atoms with Gasteiger partial charge in [-0.1, -0.05) is 54.1 Å². The van der Waals surface area contributed by atoms with Crippen LogP contribution in [0.2, 0.25) is 0 Å². The van der Waals surface area contributed by atoms with Crippen LogP contribution >= 0.6 is 0 Å². The van der Waals surface area contributed by atoms with Gasteiger partial charge in [0.2, 0.25) is 5.91 Å². The summed E-state index contributed by atoms with van der Waals surface area (Å²) in [5, 5.41) is 2.89. The van der Waals surface area contributed by atoms with E-state index >= 15 is 0 Å². The van der Waals surface area contributed by atoms with Crippen LogP contribution in [-0.2, 0) is 32.6 Å². The van der Waals surface area contributed by atoms with Gasteiger partial charge in [0.25, 0.3) is 10.0 Å². The number of benzene rings is 3. The van der Waals surface area contributed by atoms with E-state index in [1.54, 1.807) is 24.3 Å². The maximum atomic E-state index is 13.7. The molecule has 0 spiro atoms. The highest BCUT2D eigenvalue weighted by atomic mass is 32.2. The number of morpholine rings is 1. The molecule has 1 fully saturated rings. The molecular weight excluding hydrogens is 486 g/mol. The Labute approximate surface area is 220 Å². The third-order valence-corrected chi connectivity index (χ3v) is 8.33. The first kappa shape index (κ1) is 26.9. The van der Waals surface area contributed by atoms with E-state index in [-0.39, 0.29) is 17.3 Å². The molecule has 0 aromatic heterocycles. The Morgan fingerprint density at radius 3 is 2.19 bits per heavy atom. The minimum Gasteiger partial charge on any atom is -0.379 e. The van der Waals surface area contributed by atoms with Crippen LogP contribution in [-0.4, -0.2) is 52.1 Å². The summed E-state index contributed by atoms with van der Waals surface area (Å²) in [4.78, 5) is 15.5. The van der Waals surface area contributed by atoms with Crippen molar-refractivity contribution in [3.05, 3.63) is 94.5 Å². The minimum absolute atomic E-state index is 0.155. The predicted molar refractivity (Wildman–Crippen MR) is 146 cm³/mol. The molecule has 196 valence electrons. The van der Waals surface area contributed by atoms with Gasteiger partial charge in [0.05, 0.1) is 23.8 Å². The monoisotopic (exact) mass is 521 g/mol. The van der Waals surface area contributed by atoms with Crippen LogP contribution in [0.1, 0.15) is 27.8 Å². The summed E-state index contributed by atoms with van der Waals surface area (Å²) in [6, 6.07) is 20.4. The van der Waals surface area contributed by atoms with Crippen molar-refractivity contribution in [3.8, 4) is 0 Å². The second-order valence-corrected chi connectivity index (χ2v) is 11.5. The van der Waals surface area contributed by atoms with Crippen molar-refractivity contribution < 1.29 is 17.9 Å². The SMILES string of the molecule is Cc1ccc(S(=O)(=O)N(CC(=O)NCc2ccc(CN3CCOCC3)cc2)c2cc(C)ccc2C)cc1. The van der Waals surface area contributed by atoms with Crippen molar-refractivity contribution in [2.24, 2.45) is 0 Å². The molecule has 0 saturated carbocycles. The van der Waals surface area contributed by atoms with Crippen LogP contribution < -0.4 is 9.62 Å². The molecule has 1 heterocycles. The number of sulfonamides is 1. The zero-order chi connectivity index (χ0) is 26.4. The van der Waals surface area contributed by atoms with Gasteiger partial charge in [-0.3, -0.25) is 14.0 Å². The molecule has 37 heavy (non-hydrogen) atoms. The van der Waals surface area contributed by atoms with E-state index in [9.17, 15) is 13.2 Å². The summed E-state index contributed by atoms with van der Waals surface area (Å²) in [6.07, 6.45) is 0. The number of carbonyl (C=O) groups is 1. The summed E-state index contributed by atoms with van der Waals surface area (Å²) in [7, 11) is -3.95. The topological polar surface area (TPSA) is 79.0 Å². The Kier molecular flexibility index (Phi) is 8.63.